The molecule has 2 nitrogen and oxygen atoms in total. The Morgan fingerprint density at radius 2 is 2.13 bits per heavy atom. The van der Waals surface area contributed by atoms with Gasteiger partial charge in [0.05, 0.1) is 6.61 Å². The molecule has 82 valence electrons. The third-order valence-electron chi connectivity index (χ3n) is 2.86. The molecule has 1 aromatic rings. The van der Waals surface area contributed by atoms with Gasteiger partial charge in [-0.2, -0.15) is 0 Å². The monoisotopic (exact) mass is 205 g/mol. The molecule has 0 unspecified atom stereocenters. The molecule has 0 amide bonds. The summed E-state index contributed by atoms with van der Waals surface area (Å²) in [6.45, 7) is 7.11. The molecule has 0 radical (unpaired) electrons. The van der Waals surface area contributed by atoms with Gasteiger partial charge in [-0.15, -0.1) is 0 Å². The highest BCUT2D eigenvalue weighted by atomic mass is 16.5. The lowest BCUT2D eigenvalue weighted by atomic mass is 9.89. The van der Waals surface area contributed by atoms with Crippen molar-refractivity contribution in [3.63, 3.8) is 0 Å². The quantitative estimate of drug-likeness (QED) is 0.803. The maximum absolute atomic E-state index is 6.09. The van der Waals surface area contributed by atoms with Crippen molar-refractivity contribution in [1.82, 2.24) is 0 Å². The molecule has 2 heteroatoms. The second kappa shape index (κ2) is 3.53. The van der Waals surface area contributed by atoms with Gasteiger partial charge in [-0.1, -0.05) is 6.07 Å². The number of fused-ring (bicyclic) bond motifs is 1. The molecule has 0 saturated carbocycles. The maximum atomic E-state index is 6.09. The van der Waals surface area contributed by atoms with Crippen molar-refractivity contribution < 1.29 is 4.74 Å². The number of hydrogen-bond donors (Lipinski definition) is 1. The molecule has 1 heterocycles. The van der Waals surface area contributed by atoms with Gasteiger partial charge in [-0.3, -0.25) is 0 Å². The van der Waals surface area contributed by atoms with E-state index in [-0.39, 0.29) is 5.54 Å². The molecule has 0 aromatic heterocycles. The smallest absolute Gasteiger partial charge is 0.122 e. The molecular weight excluding hydrogens is 186 g/mol. The normalized spacial score (nSPS) is 14.9. The Labute approximate surface area is 91.4 Å². The zero-order chi connectivity index (χ0) is 11.1. The van der Waals surface area contributed by atoms with Gasteiger partial charge in [0.2, 0.25) is 0 Å². The van der Waals surface area contributed by atoms with Crippen molar-refractivity contribution in [1.29, 1.82) is 0 Å². The lowest BCUT2D eigenvalue weighted by Crippen LogP contribution is -2.35. The molecule has 15 heavy (non-hydrogen) atoms. The maximum Gasteiger partial charge on any atom is 0.122 e. The number of nitrogens with two attached hydrogens (primary N) is 1. The number of aryl methyl sites for hydroxylation is 1. The lowest BCUT2D eigenvalue weighted by Gasteiger charge is -2.21. The van der Waals surface area contributed by atoms with Crippen LogP contribution in [0.4, 0.5) is 0 Å². The van der Waals surface area contributed by atoms with E-state index in [9.17, 15) is 0 Å². The van der Waals surface area contributed by atoms with Crippen LogP contribution in [0.1, 0.15) is 30.5 Å². The topological polar surface area (TPSA) is 35.2 Å². The highest BCUT2D eigenvalue weighted by Gasteiger charge is 2.21. The minimum absolute atomic E-state index is 0.150. The first kappa shape index (κ1) is 10.5. The zero-order valence-electron chi connectivity index (χ0n) is 9.76. The van der Waals surface area contributed by atoms with Crippen molar-refractivity contribution in [3.05, 3.63) is 28.8 Å². The van der Waals surface area contributed by atoms with Gasteiger partial charge < -0.3 is 10.5 Å². The summed E-state index contributed by atoms with van der Waals surface area (Å²) in [4.78, 5) is 0. The van der Waals surface area contributed by atoms with Crippen LogP contribution in [0.2, 0.25) is 0 Å². The van der Waals surface area contributed by atoms with E-state index in [4.69, 9.17) is 10.5 Å². The average molecular weight is 205 g/mol. The second-order valence-electron chi connectivity index (χ2n) is 5.10. The van der Waals surface area contributed by atoms with Crippen LogP contribution < -0.4 is 10.5 Å². The highest BCUT2D eigenvalue weighted by Crippen LogP contribution is 2.32. The Morgan fingerprint density at radius 1 is 1.40 bits per heavy atom. The van der Waals surface area contributed by atoms with E-state index in [2.05, 4.69) is 32.9 Å². The summed E-state index contributed by atoms with van der Waals surface area (Å²) < 4.78 is 5.57. The fraction of sp³-hybridized carbons (Fsp3) is 0.538. The number of hydrogen-bond acceptors (Lipinski definition) is 2. The molecule has 0 saturated heterocycles. The van der Waals surface area contributed by atoms with Gasteiger partial charge in [0.25, 0.3) is 0 Å². The van der Waals surface area contributed by atoms with Gasteiger partial charge in [-0.25, -0.2) is 0 Å². The summed E-state index contributed by atoms with van der Waals surface area (Å²) in [5, 5.41) is 0. The first-order valence-corrected chi connectivity index (χ1v) is 5.50. The van der Waals surface area contributed by atoms with Crippen LogP contribution in [0, 0.1) is 6.92 Å². The van der Waals surface area contributed by atoms with E-state index in [1.165, 1.54) is 16.7 Å². The second-order valence-corrected chi connectivity index (χ2v) is 5.10. The van der Waals surface area contributed by atoms with Crippen LogP contribution in [0.3, 0.4) is 0 Å². The van der Waals surface area contributed by atoms with Crippen LogP contribution >= 0.6 is 0 Å². The van der Waals surface area contributed by atoms with Crippen molar-refractivity contribution in [2.75, 3.05) is 6.61 Å². The summed E-state index contributed by atoms with van der Waals surface area (Å²) in [5.74, 6) is 1.06. The van der Waals surface area contributed by atoms with E-state index in [1.54, 1.807) is 0 Å². The first-order valence-electron chi connectivity index (χ1n) is 5.50. The van der Waals surface area contributed by atoms with Crippen molar-refractivity contribution in [2.24, 2.45) is 5.73 Å². The molecule has 0 aliphatic carbocycles. The zero-order valence-corrected chi connectivity index (χ0v) is 9.76. The Bertz CT molecular complexity index is 377. The number of rotatable bonds is 2. The molecule has 0 atom stereocenters. The van der Waals surface area contributed by atoms with E-state index >= 15 is 0 Å². The average Bonchev–Trinajstić information content (AvgIpc) is 2.56. The molecular formula is C13H19NO. The van der Waals surface area contributed by atoms with Crippen molar-refractivity contribution in [3.8, 4) is 5.75 Å². The van der Waals surface area contributed by atoms with E-state index in [1.807, 2.05) is 0 Å². The third kappa shape index (κ3) is 2.15. The van der Waals surface area contributed by atoms with Gasteiger partial charge in [0.15, 0.2) is 0 Å². The number of ether oxygens (including phenoxy) is 1. The Balaban J connectivity index is 2.41. The third-order valence-corrected chi connectivity index (χ3v) is 2.86. The summed E-state index contributed by atoms with van der Waals surface area (Å²) in [5.41, 5.74) is 10.0. The molecule has 0 fully saturated rings. The van der Waals surface area contributed by atoms with Crippen LogP contribution in [0.5, 0.6) is 5.75 Å². The van der Waals surface area contributed by atoms with Crippen molar-refractivity contribution in [2.45, 2.75) is 39.2 Å². The van der Waals surface area contributed by atoms with Crippen LogP contribution in [-0.2, 0) is 12.8 Å². The Hall–Kier alpha value is -1.02. The first-order chi connectivity index (χ1) is 6.97. The molecule has 0 bridgehead atoms. The molecule has 1 aromatic carbocycles. The fourth-order valence-corrected chi connectivity index (χ4v) is 2.16. The molecule has 1 aliphatic heterocycles. The summed E-state index contributed by atoms with van der Waals surface area (Å²) in [6, 6.07) is 4.20. The van der Waals surface area contributed by atoms with Crippen molar-refractivity contribution >= 4 is 0 Å². The molecule has 2 N–H and O–H groups in total. The van der Waals surface area contributed by atoms with Gasteiger partial charge in [0.1, 0.15) is 5.75 Å². The molecule has 0 spiro atoms. The minimum atomic E-state index is -0.150. The predicted octanol–water partition coefficient (Wildman–Crippen LogP) is 2.21. The summed E-state index contributed by atoms with van der Waals surface area (Å²) >= 11 is 0. The largest absolute Gasteiger partial charge is 0.493 e. The van der Waals surface area contributed by atoms with Gasteiger partial charge in [-0.05, 0) is 44.4 Å². The van der Waals surface area contributed by atoms with Crippen LogP contribution in [0.25, 0.3) is 0 Å². The van der Waals surface area contributed by atoms with Gasteiger partial charge >= 0.3 is 0 Å². The van der Waals surface area contributed by atoms with E-state index in [0.29, 0.717) is 0 Å². The summed E-state index contributed by atoms with van der Waals surface area (Å²) in [7, 11) is 0. The number of benzene rings is 1. The fourth-order valence-electron chi connectivity index (χ4n) is 2.16. The lowest BCUT2D eigenvalue weighted by molar-refractivity contribution is 0.357. The van der Waals surface area contributed by atoms with Crippen LogP contribution in [0.15, 0.2) is 12.1 Å². The van der Waals surface area contributed by atoms with Crippen LogP contribution in [-0.4, -0.2) is 12.1 Å². The van der Waals surface area contributed by atoms with E-state index < -0.39 is 0 Å². The SMILES string of the molecule is Cc1ccc2c(c1CC(C)(C)N)CCO2. The standard InChI is InChI=1S/C13H19NO/c1-9-4-5-12-10(6-7-15-12)11(9)8-13(2,3)14/h4-5H,6-8,14H2,1-3H3. The minimum Gasteiger partial charge on any atom is -0.493 e. The summed E-state index contributed by atoms with van der Waals surface area (Å²) in [6.07, 6.45) is 1.95. The molecule has 1 aliphatic rings. The Morgan fingerprint density at radius 3 is 2.80 bits per heavy atom. The van der Waals surface area contributed by atoms with Gasteiger partial charge in [0, 0.05) is 17.5 Å². The van der Waals surface area contributed by atoms with E-state index in [0.717, 1.165) is 25.2 Å². The Kier molecular flexibility index (Phi) is 2.47. The highest BCUT2D eigenvalue weighted by molar-refractivity contribution is 5.47. The molecule has 2 rings (SSSR count). The predicted molar refractivity (Wildman–Crippen MR) is 62.3 cm³/mol.